The van der Waals surface area contributed by atoms with E-state index in [0.29, 0.717) is 17.9 Å². The number of hydrogen-bond donors (Lipinski definition) is 1. The molecule has 0 aliphatic heterocycles. The number of amides is 1. The Labute approximate surface area is 150 Å². The molecule has 0 atom stereocenters. The van der Waals surface area contributed by atoms with Crippen LogP contribution in [-0.2, 0) is 5.41 Å². The van der Waals surface area contributed by atoms with Crippen LogP contribution in [0.25, 0.3) is 0 Å². The summed E-state index contributed by atoms with van der Waals surface area (Å²) in [6, 6.07) is 15.4. The lowest BCUT2D eigenvalue weighted by molar-refractivity contribution is 0.0938. The van der Waals surface area contributed by atoms with Crippen LogP contribution in [0, 0.1) is 0 Å². The molecule has 134 valence electrons. The van der Waals surface area contributed by atoms with E-state index in [2.05, 4.69) is 31.3 Å². The molecule has 0 radical (unpaired) electrons. The molecule has 0 aliphatic carbocycles. The van der Waals surface area contributed by atoms with Gasteiger partial charge in [0.1, 0.15) is 11.5 Å². The van der Waals surface area contributed by atoms with Crippen LogP contribution < -0.4 is 14.8 Å². The number of hydrogen-bond acceptors (Lipinski definition) is 3. The van der Waals surface area contributed by atoms with Gasteiger partial charge in [-0.2, -0.15) is 0 Å². The summed E-state index contributed by atoms with van der Waals surface area (Å²) >= 11 is 0. The number of methoxy groups -OCH3 is 2. The van der Waals surface area contributed by atoms with E-state index in [9.17, 15) is 4.79 Å². The molecular weight excluding hydrogens is 314 g/mol. The van der Waals surface area contributed by atoms with Crippen molar-refractivity contribution in [2.24, 2.45) is 0 Å². The lowest BCUT2D eigenvalue weighted by Crippen LogP contribution is -2.40. The topological polar surface area (TPSA) is 47.6 Å². The van der Waals surface area contributed by atoms with Gasteiger partial charge in [-0.1, -0.05) is 38.1 Å². The number of nitrogens with one attached hydrogen (secondary N) is 1. The SMILES string of the molecule is CCC(CC)(CNC(=O)c1ccccc1OC)c1cccc(OC)c1. The molecule has 0 bridgehead atoms. The number of carbonyl (C=O) groups excluding carboxylic acids is 1. The van der Waals surface area contributed by atoms with Gasteiger partial charge in [-0.25, -0.2) is 0 Å². The van der Waals surface area contributed by atoms with Crippen molar-refractivity contribution in [2.75, 3.05) is 20.8 Å². The third-order valence-electron chi connectivity index (χ3n) is 4.97. The molecule has 1 N–H and O–H groups in total. The Morgan fingerprint density at radius 1 is 1.00 bits per heavy atom. The van der Waals surface area contributed by atoms with Gasteiger partial charge in [0, 0.05) is 12.0 Å². The average Bonchev–Trinajstić information content (AvgIpc) is 2.69. The van der Waals surface area contributed by atoms with Gasteiger partial charge in [0.05, 0.1) is 19.8 Å². The molecule has 2 aromatic rings. The summed E-state index contributed by atoms with van der Waals surface area (Å²) in [6.07, 6.45) is 1.84. The lowest BCUT2D eigenvalue weighted by Gasteiger charge is -2.33. The zero-order valence-electron chi connectivity index (χ0n) is 15.5. The highest BCUT2D eigenvalue weighted by molar-refractivity contribution is 5.96. The van der Waals surface area contributed by atoms with Gasteiger partial charge in [0.2, 0.25) is 0 Å². The maximum absolute atomic E-state index is 12.6. The first-order valence-corrected chi connectivity index (χ1v) is 8.66. The molecule has 0 saturated heterocycles. The van der Waals surface area contributed by atoms with Crippen molar-refractivity contribution in [3.05, 3.63) is 59.7 Å². The van der Waals surface area contributed by atoms with Crippen LogP contribution in [0.3, 0.4) is 0 Å². The van der Waals surface area contributed by atoms with Crippen LogP contribution in [-0.4, -0.2) is 26.7 Å². The molecule has 0 spiro atoms. The predicted molar refractivity (Wildman–Crippen MR) is 101 cm³/mol. The van der Waals surface area contributed by atoms with Crippen LogP contribution in [0.2, 0.25) is 0 Å². The molecule has 2 aromatic carbocycles. The minimum Gasteiger partial charge on any atom is -0.497 e. The number of benzene rings is 2. The van der Waals surface area contributed by atoms with E-state index >= 15 is 0 Å². The van der Waals surface area contributed by atoms with Crippen molar-refractivity contribution in [1.29, 1.82) is 0 Å². The summed E-state index contributed by atoms with van der Waals surface area (Å²) in [5.41, 5.74) is 1.60. The van der Waals surface area contributed by atoms with Gasteiger partial charge in [-0.05, 0) is 42.7 Å². The van der Waals surface area contributed by atoms with Crippen molar-refractivity contribution in [2.45, 2.75) is 32.1 Å². The van der Waals surface area contributed by atoms with Gasteiger partial charge in [-0.3, -0.25) is 4.79 Å². The van der Waals surface area contributed by atoms with E-state index in [1.807, 2.05) is 24.3 Å². The fourth-order valence-corrected chi connectivity index (χ4v) is 3.14. The molecule has 0 saturated carbocycles. The highest BCUT2D eigenvalue weighted by Crippen LogP contribution is 2.33. The molecule has 25 heavy (non-hydrogen) atoms. The van der Waals surface area contributed by atoms with E-state index in [1.165, 1.54) is 5.56 Å². The van der Waals surface area contributed by atoms with E-state index in [1.54, 1.807) is 26.4 Å². The Kier molecular flexibility index (Phi) is 6.45. The molecule has 4 heteroatoms. The van der Waals surface area contributed by atoms with Crippen molar-refractivity contribution < 1.29 is 14.3 Å². The van der Waals surface area contributed by atoms with E-state index in [0.717, 1.165) is 18.6 Å². The molecule has 4 nitrogen and oxygen atoms in total. The Balaban J connectivity index is 2.22. The standard InChI is InChI=1S/C21H27NO3/c1-5-21(6-2,16-10-9-11-17(14-16)24-3)15-22-20(23)18-12-7-8-13-19(18)25-4/h7-14H,5-6,15H2,1-4H3,(H,22,23). The summed E-state index contributed by atoms with van der Waals surface area (Å²) in [4.78, 5) is 12.6. The van der Waals surface area contributed by atoms with Crippen LogP contribution in [0.4, 0.5) is 0 Å². The average molecular weight is 341 g/mol. The first-order valence-electron chi connectivity index (χ1n) is 8.66. The van der Waals surface area contributed by atoms with Gasteiger partial charge < -0.3 is 14.8 Å². The third kappa shape index (κ3) is 4.13. The summed E-state index contributed by atoms with van der Waals surface area (Å²) < 4.78 is 10.6. The summed E-state index contributed by atoms with van der Waals surface area (Å²) in [6.45, 7) is 4.86. The molecule has 0 unspecified atom stereocenters. The van der Waals surface area contributed by atoms with Gasteiger partial charge in [0.15, 0.2) is 0 Å². The molecule has 0 fully saturated rings. The van der Waals surface area contributed by atoms with Crippen molar-refractivity contribution in [3.63, 3.8) is 0 Å². The van der Waals surface area contributed by atoms with Crippen molar-refractivity contribution >= 4 is 5.91 Å². The minimum atomic E-state index is -0.133. The summed E-state index contributed by atoms with van der Waals surface area (Å²) in [5, 5.41) is 3.09. The second-order valence-corrected chi connectivity index (χ2v) is 6.10. The molecule has 0 aliphatic rings. The zero-order chi connectivity index (χ0) is 18.3. The number of para-hydroxylation sites is 1. The normalized spacial score (nSPS) is 11.0. The van der Waals surface area contributed by atoms with Gasteiger partial charge in [0.25, 0.3) is 5.91 Å². The van der Waals surface area contributed by atoms with Crippen LogP contribution in [0.5, 0.6) is 11.5 Å². The minimum absolute atomic E-state index is 0.119. The lowest BCUT2D eigenvalue weighted by atomic mass is 9.75. The smallest absolute Gasteiger partial charge is 0.255 e. The van der Waals surface area contributed by atoms with Gasteiger partial charge >= 0.3 is 0 Å². The van der Waals surface area contributed by atoms with Crippen LogP contribution in [0.15, 0.2) is 48.5 Å². The second-order valence-electron chi connectivity index (χ2n) is 6.10. The Morgan fingerprint density at radius 2 is 1.72 bits per heavy atom. The third-order valence-corrected chi connectivity index (χ3v) is 4.97. The number of carbonyl (C=O) groups is 1. The molecule has 2 rings (SSSR count). The molecule has 0 heterocycles. The first kappa shape index (κ1) is 18.8. The fraction of sp³-hybridized carbons (Fsp3) is 0.381. The number of ether oxygens (including phenoxy) is 2. The zero-order valence-corrected chi connectivity index (χ0v) is 15.5. The monoisotopic (exact) mass is 341 g/mol. The van der Waals surface area contributed by atoms with Gasteiger partial charge in [-0.15, -0.1) is 0 Å². The Morgan fingerprint density at radius 3 is 2.36 bits per heavy atom. The Hall–Kier alpha value is -2.49. The second kappa shape index (κ2) is 8.56. The summed E-state index contributed by atoms with van der Waals surface area (Å²) in [5.74, 6) is 1.30. The van der Waals surface area contributed by atoms with Crippen LogP contribution in [0.1, 0.15) is 42.6 Å². The fourth-order valence-electron chi connectivity index (χ4n) is 3.14. The molecule has 1 amide bonds. The first-order chi connectivity index (χ1) is 12.1. The maximum Gasteiger partial charge on any atom is 0.255 e. The van der Waals surface area contributed by atoms with Crippen LogP contribution >= 0.6 is 0 Å². The predicted octanol–water partition coefficient (Wildman–Crippen LogP) is 4.19. The van der Waals surface area contributed by atoms with Crippen molar-refractivity contribution in [1.82, 2.24) is 5.32 Å². The molecule has 0 aromatic heterocycles. The number of rotatable bonds is 8. The van der Waals surface area contributed by atoms with E-state index < -0.39 is 0 Å². The highest BCUT2D eigenvalue weighted by Gasteiger charge is 2.29. The summed E-state index contributed by atoms with van der Waals surface area (Å²) in [7, 11) is 3.24. The quantitative estimate of drug-likeness (QED) is 0.783. The van der Waals surface area contributed by atoms with Crippen molar-refractivity contribution in [3.8, 4) is 11.5 Å². The largest absolute Gasteiger partial charge is 0.497 e. The van der Waals surface area contributed by atoms with E-state index in [4.69, 9.17) is 9.47 Å². The maximum atomic E-state index is 12.6. The Bertz CT molecular complexity index is 708. The highest BCUT2D eigenvalue weighted by atomic mass is 16.5. The molecular formula is C21H27NO3. The van der Waals surface area contributed by atoms with E-state index in [-0.39, 0.29) is 11.3 Å².